The third kappa shape index (κ3) is 3.35. The van der Waals surface area contributed by atoms with E-state index in [0.717, 1.165) is 27.1 Å². The molecule has 0 aliphatic heterocycles. The van der Waals surface area contributed by atoms with Gasteiger partial charge < -0.3 is 9.47 Å². The van der Waals surface area contributed by atoms with Gasteiger partial charge in [0.25, 0.3) is 0 Å². The standard InChI is InChI=1S/C22H18O4/c1-25-21(23)20(22(24)26-2)13-7-12-19-17-10-5-3-8-15(17)14-16-9-4-6-11-18(16)19/h3-14H,1-2H3/b12-7-. The van der Waals surface area contributed by atoms with Crippen LogP contribution in [0.2, 0.25) is 0 Å². The van der Waals surface area contributed by atoms with Gasteiger partial charge in [-0.25, -0.2) is 9.59 Å². The molecule has 0 atom stereocenters. The summed E-state index contributed by atoms with van der Waals surface area (Å²) in [4.78, 5) is 23.5. The zero-order chi connectivity index (χ0) is 18.5. The fourth-order valence-electron chi connectivity index (χ4n) is 2.91. The summed E-state index contributed by atoms with van der Waals surface area (Å²) in [7, 11) is 2.45. The Balaban J connectivity index is 2.14. The number of hydrogen-bond donors (Lipinski definition) is 0. The molecular weight excluding hydrogens is 328 g/mol. The quantitative estimate of drug-likeness (QED) is 0.177. The van der Waals surface area contributed by atoms with Crippen LogP contribution in [0.3, 0.4) is 0 Å². The summed E-state index contributed by atoms with van der Waals surface area (Å²) >= 11 is 0. The molecule has 0 fully saturated rings. The molecule has 0 aliphatic rings. The minimum Gasteiger partial charge on any atom is -0.465 e. The van der Waals surface area contributed by atoms with Crippen LogP contribution in [0.1, 0.15) is 5.56 Å². The van der Waals surface area contributed by atoms with Crippen LogP contribution in [0.15, 0.2) is 72.3 Å². The molecule has 4 nitrogen and oxygen atoms in total. The lowest BCUT2D eigenvalue weighted by Crippen LogP contribution is -2.15. The van der Waals surface area contributed by atoms with Crippen molar-refractivity contribution in [1.29, 1.82) is 0 Å². The van der Waals surface area contributed by atoms with Crippen molar-refractivity contribution >= 4 is 39.6 Å². The Morgan fingerprint density at radius 1 is 0.808 bits per heavy atom. The molecule has 3 aromatic carbocycles. The summed E-state index contributed by atoms with van der Waals surface area (Å²) in [6.45, 7) is 0. The zero-order valence-corrected chi connectivity index (χ0v) is 14.6. The summed E-state index contributed by atoms with van der Waals surface area (Å²) in [6, 6.07) is 18.3. The van der Waals surface area contributed by atoms with E-state index < -0.39 is 11.9 Å². The first-order chi connectivity index (χ1) is 12.7. The molecule has 0 aromatic heterocycles. The van der Waals surface area contributed by atoms with Gasteiger partial charge in [-0.2, -0.15) is 0 Å². The van der Waals surface area contributed by atoms with Crippen molar-refractivity contribution in [3.05, 3.63) is 77.9 Å². The Morgan fingerprint density at radius 2 is 1.31 bits per heavy atom. The van der Waals surface area contributed by atoms with Crippen LogP contribution in [0.5, 0.6) is 0 Å². The maximum Gasteiger partial charge on any atom is 0.345 e. The average molecular weight is 346 g/mol. The molecule has 130 valence electrons. The number of hydrogen-bond acceptors (Lipinski definition) is 4. The number of carbonyl (C=O) groups excluding carboxylic acids is 2. The molecule has 0 bridgehead atoms. The lowest BCUT2D eigenvalue weighted by molar-refractivity contribution is -0.144. The van der Waals surface area contributed by atoms with E-state index in [1.807, 2.05) is 42.5 Å². The zero-order valence-electron chi connectivity index (χ0n) is 14.6. The predicted molar refractivity (Wildman–Crippen MR) is 103 cm³/mol. The third-order valence-corrected chi connectivity index (χ3v) is 4.15. The van der Waals surface area contributed by atoms with Crippen molar-refractivity contribution in [3.63, 3.8) is 0 Å². The molecule has 0 radical (unpaired) electrons. The van der Waals surface area contributed by atoms with Gasteiger partial charge in [-0.05, 0) is 39.3 Å². The summed E-state index contributed by atoms with van der Waals surface area (Å²) in [6.07, 6.45) is 4.96. The number of allylic oxidation sites excluding steroid dienone is 2. The first kappa shape index (κ1) is 17.4. The highest BCUT2D eigenvalue weighted by molar-refractivity contribution is 6.14. The number of fused-ring (bicyclic) bond motifs is 2. The van der Waals surface area contributed by atoms with E-state index in [4.69, 9.17) is 0 Å². The van der Waals surface area contributed by atoms with Crippen LogP contribution < -0.4 is 0 Å². The normalized spacial score (nSPS) is 10.8. The molecule has 0 unspecified atom stereocenters. The number of esters is 2. The van der Waals surface area contributed by atoms with Crippen molar-refractivity contribution in [3.8, 4) is 0 Å². The van der Waals surface area contributed by atoms with Gasteiger partial charge in [0.2, 0.25) is 0 Å². The van der Waals surface area contributed by atoms with Gasteiger partial charge in [-0.15, -0.1) is 0 Å². The van der Waals surface area contributed by atoms with Crippen molar-refractivity contribution in [2.24, 2.45) is 0 Å². The Morgan fingerprint density at radius 3 is 1.81 bits per heavy atom. The van der Waals surface area contributed by atoms with Gasteiger partial charge >= 0.3 is 11.9 Å². The molecule has 26 heavy (non-hydrogen) atoms. The van der Waals surface area contributed by atoms with Crippen LogP contribution in [0, 0.1) is 0 Å². The molecule has 0 amide bonds. The summed E-state index contributed by atoms with van der Waals surface area (Å²) in [5, 5.41) is 4.43. The largest absolute Gasteiger partial charge is 0.465 e. The topological polar surface area (TPSA) is 52.6 Å². The van der Waals surface area contributed by atoms with Crippen LogP contribution in [-0.4, -0.2) is 26.2 Å². The number of ether oxygens (including phenoxy) is 2. The molecule has 0 spiro atoms. The molecule has 0 saturated heterocycles. The highest BCUT2D eigenvalue weighted by atomic mass is 16.5. The second-order valence-corrected chi connectivity index (χ2v) is 5.66. The fourth-order valence-corrected chi connectivity index (χ4v) is 2.91. The Kier molecular flexibility index (Phi) is 5.13. The van der Waals surface area contributed by atoms with E-state index in [1.165, 1.54) is 20.3 Å². The molecule has 4 heteroatoms. The minimum atomic E-state index is -0.732. The second-order valence-electron chi connectivity index (χ2n) is 5.66. The van der Waals surface area contributed by atoms with Gasteiger partial charge in [0.05, 0.1) is 14.2 Å². The number of methoxy groups -OCH3 is 2. The third-order valence-electron chi connectivity index (χ3n) is 4.15. The van der Waals surface area contributed by atoms with Gasteiger partial charge in [-0.3, -0.25) is 0 Å². The van der Waals surface area contributed by atoms with E-state index in [-0.39, 0.29) is 5.57 Å². The Bertz CT molecular complexity index is 972. The summed E-state index contributed by atoms with van der Waals surface area (Å²) < 4.78 is 9.27. The van der Waals surface area contributed by atoms with E-state index in [1.54, 1.807) is 6.08 Å². The average Bonchev–Trinajstić information content (AvgIpc) is 2.69. The number of rotatable bonds is 4. The first-order valence-corrected chi connectivity index (χ1v) is 8.11. The van der Waals surface area contributed by atoms with Crippen LogP contribution in [0.4, 0.5) is 0 Å². The maximum atomic E-state index is 11.8. The lowest BCUT2D eigenvalue weighted by Gasteiger charge is -2.08. The molecule has 3 aromatic rings. The predicted octanol–water partition coefficient (Wildman–Crippen LogP) is 4.28. The van der Waals surface area contributed by atoms with Gasteiger partial charge in [-0.1, -0.05) is 60.7 Å². The maximum absolute atomic E-state index is 11.8. The van der Waals surface area contributed by atoms with E-state index in [9.17, 15) is 9.59 Å². The SMILES string of the molecule is COC(=O)C(=C/C=C\c1c2ccccc2cc2ccccc12)C(=O)OC. The van der Waals surface area contributed by atoms with Crippen LogP contribution in [0.25, 0.3) is 27.6 Å². The number of carbonyl (C=O) groups is 2. The van der Waals surface area contributed by atoms with E-state index >= 15 is 0 Å². The minimum absolute atomic E-state index is 0.157. The highest BCUT2D eigenvalue weighted by Gasteiger charge is 2.18. The van der Waals surface area contributed by atoms with Crippen molar-refractivity contribution in [2.75, 3.05) is 14.2 Å². The highest BCUT2D eigenvalue weighted by Crippen LogP contribution is 2.29. The van der Waals surface area contributed by atoms with Gasteiger partial charge in [0.1, 0.15) is 5.57 Å². The van der Waals surface area contributed by atoms with Crippen molar-refractivity contribution in [2.45, 2.75) is 0 Å². The number of benzene rings is 3. The molecule has 3 rings (SSSR count). The van der Waals surface area contributed by atoms with E-state index in [2.05, 4.69) is 27.7 Å². The summed E-state index contributed by atoms with van der Waals surface area (Å²) in [5.41, 5.74) is 0.861. The lowest BCUT2D eigenvalue weighted by atomic mass is 9.96. The monoisotopic (exact) mass is 346 g/mol. The van der Waals surface area contributed by atoms with Crippen LogP contribution in [-0.2, 0) is 19.1 Å². The second kappa shape index (κ2) is 7.66. The summed E-state index contributed by atoms with van der Waals surface area (Å²) in [5.74, 6) is -1.46. The smallest absolute Gasteiger partial charge is 0.345 e. The van der Waals surface area contributed by atoms with Gasteiger partial charge in [0, 0.05) is 0 Å². The van der Waals surface area contributed by atoms with E-state index in [0.29, 0.717) is 0 Å². The first-order valence-electron chi connectivity index (χ1n) is 8.11. The molecule has 0 aliphatic carbocycles. The van der Waals surface area contributed by atoms with Crippen molar-refractivity contribution < 1.29 is 19.1 Å². The molecule has 0 heterocycles. The Labute approximate surface area is 151 Å². The molecular formula is C22H18O4. The van der Waals surface area contributed by atoms with Crippen molar-refractivity contribution in [1.82, 2.24) is 0 Å². The molecule has 0 N–H and O–H groups in total. The fraction of sp³-hybridized carbons (Fsp3) is 0.0909. The van der Waals surface area contributed by atoms with Crippen LogP contribution >= 0.6 is 0 Å². The van der Waals surface area contributed by atoms with Gasteiger partial charge in [0.15, 0.2) is 0 Å². The molecule has 0 saturated carbocycles. The Hall–Kier alpha value is -3.40.